The van der Waals surface area contributed by atoms with Crippen molar-refractivity contribution in [2.45, 2.75) is 77.2 Å². The van der Waals surface area contributed by atoms with Gasteiger partial charge in [-0.05, 0) is 48.8 Å². The van der Waals surface area contributed by atoms with Gasteiger partial charge in [0.2, 0.25) is 5.91 Å². The van der Waals surface area contributed by atoms with Crippen molar-refractivity contribution >= 4 is 17.6 Å². The number of nitrogens with one attached hydrogen (secondary N) is 2. The number of piperidine rings is 1. The van der Waals surface area contributed by atoms with Gasteiger partial charge in [0.15, 0.2) is 0 Å². The summed E-state index contributed by atoms with van der Waals surface area (Å²) >= 11 is 0. The molecule has 1 heterocycles. The molecule has 1 saturated heterocycles. The lowest BCUT2D eigenvalue weighted by Crippen LogP contribution is -2.49. The van der Waals surface area contributed by atoms with Crippen molar-refractivity contribution in [1.82, 2.24) is 10.2 Å². The van der Waals surface area contributed by atoms with E-state index in [0.717, 1.165) is 31.4 Å². The molecule has 3 amide bonds. The summed E-state index contributed by atoms with van der Waals surface area (Å²) in [5.41, 5.74) is 2.18. The van der Waals surface area contributed by atoms with Crippen LogP contribution in [-0.4, -0.2) is 36.0 Å². The van der Waals surface area contributed by atoms with Crippen LogP contribution in [0.25, 0.3) is 0 Å². The Morgan fingerprint density at radius 1 is 0.929 bits per heavy atom. The quantitative estimate of drug-likeness (QED) is 0.794. The fourth-order valence-corrected chi connectivity index (χ4v) is 4.17. The van der Waals surface area contributed by atoms with Crippen molar-refractivity contribution in [3.63, 3.8) is 0 Å². The SMILES string of the molecule is CC(C)(C)c1ccc(NC(=O)N2CCC(NC(=O)C3CCCCC3)CC2)cc1. The highest BCUT2D eigenvalue weighted by Gasteiger charge is 2.27. The van der Waals surface area contributed by atoms with E-state index in [0.29, 0.717) is 13.1 Å². The number of carbonyl (C=O) groups is 2. The Bertz CT molecular complexity index is 664. The van der Waals surface area contributed by atoms with E-state index in [-0.39, 0.29) is 29.3 Å². The van der Waals surface area contributed by atoms with E-state index in [1.807, 2.05) is 17.0 Å². The Kier molecular flexibility index (Phi) is 6.63. The van der Waals surface area contributed by atoms with E-state index in [9.17, 15) is 9.59 Å². The molecule has 3 rings (SSSR count). The van der Waals surface area contributed by atoms with Crippen molar-refractivity contribution in [2.24, 2.45) is 5.92 Å². The van der Waals surface area contributed by atoms with Gasteiger partial charge in [-0.25, -0.2) is 4.79 Å². The molecular weight excluding hydrogens is 350 g/mol. The molecule has 28 heavy (non-hydrogen) atoms. The van der Waals surface area contributed by atoms with E-state index < -0.39 is 0 Å². The second kappa shape index (κ2) is 8.97. The first-order valence-electron chi connectivity index (χ1n) is 10.8. The van der Waals surface area contributed by atoms with Crippen LogP contribution in [0.5, 0.6) is 0 Å². The summed E-state index contributed by atoms with van der Waals surface area (Å²) in [7, 11) is 0. The molecule has 0 aromatic heterocycles. The first kappa shape index (κ1) is 20.7. The van der Waals surface area contributed by atoms with Gasteiger partial charge < -0.3 is 15.5 Å². The van der Waals surface area contributed by atoms with E-state index in [2.05, 4.69) is 43.5 Å². The normalized spacial score (nSPS) is 19.3. The number of urea groups is 1. The molecule has 1 aromatic rings. The van der Waals surface area contributed by atoms with E-state index in [1.54, 1.807) is 0 Å². The fraction of sp³-hybridized carbons (Fsp3) is 0.652. The second-order valence-electron chi connectivity index (χ2n) is 9.36. The molecule has 5 nitrogen and oxygen atoms in total. The molecule has 0 atom stereocenters. The van der Waals surface area contributed by atoms with Crippen LogP contribution in [0.2, 0.25) is 0 Å². The number of carbonyl (C=O) groups excluding carboxylic acids is 2. The summed E-state index contributed by atoms with van der Waals surface area (Å²) in [5.74, 6) is 0.424. The lowest BCUT2D eigenvalue weighted by atomic mass is 9.87. The Labute approximate surface area is 169 Å². The third-order valence-corrected chi connectivity index (χ3v) is 6.11. The van der Waals surface area contributed by atoms with Crippen LogP contribution < -0.4 is 10.6 Å². The molecule has 154 valence electrons. The number of likely N-dealkylation sites (tertiary alicyclic amines) is 1. The predicted molar refractivity (Wildman–Crippen MR) is 113 cm³/mol. The van der Waals surface area contributed by atoms with Crippen molar-refractivity contribution in [3.05, 3.63) is 29.8 Å². The highest BCUT2D eigenvalue weighted by molar-refractivity contribution is 5.89. The predicted octanol–water partition coefficient (Wildman–Crippen LogP) is 4.68. The summed E-state index contributed by atoms with van der Waals surface area (Å²) in [4.78, 5) is 26.8. The Morgan fingerprint density at radius 2 is 1.54 bits per heavy atom. The zero-order valence-electron chi connectivity index (χ0n) is 17.6. The zero-order chi connectivity index (χ0) is 20.1. The van der Waals surface area contributed by atoms with Crippen molar-refractivity contribution < 1.29 is 9.59 Å². The van der Waals surface area contributed by atoms with Gasteiger partial charge in [0, 0.05) is 30.7 Å². The van der Waals surface area contributed by atoms with Gasteiger partial charge in [-0.3, -0.25) is 4.79 Å². The molecule has 2 fully saturated rings. The molecule has 2 N–H and O–H groups in total. The van der Waals surface area contributed by atoms with E-state index in [1.165, 1.54) is 24.8 Å². The molecule has 1 saturated carbocycles. The van der Waals surface area contributed by atoms with Gasteiger partial charge in [0.05, 0.1) is 0 Å². The number of hydrogen-bond donors (Lipinski definition) is 2. The first-order valence-corrected chi connectivity index (χ1v) is 10.8. The topological polar surface area (TPSA) is 61.4 Å². The van der Waals surface area contributed by atoms with E-state index in [4.69, 9.17) is 0 Å². The van der Waals surface area contributed by atoms with Crippen LogP contribution in [0, 0.1) is 5.92 Å². The Balaban J connectivity index is 1.44. The largest absolute Gasteiger partial charge is 0.353 e. The maximum absolute atomic E-state index is 12.6. The maximum Gasteiger partial charge on any atom is 0.321 e. The number of anilines is 1. The summed E-state index contributed by atoms with van der Waals surface area (Å²) in [6.45, 7) is 7.90. The molecule has 1 aliphatic heterocycles. The van der Waals surface area contributed by atoms with Gasteiger partial charge in [0.1, 0.15) is 0 Å². The van der Waals surface area contributed by atoms with Crippen LogP contribution in [0.1, 0.15) is 71.3 Å². The number of amides is 3. The summed E-state index contributed by atoms with van der Waals surface area (Å²) in [5, 5.41) is 6.22. The van der Waals surface area contributed by atoms with Crippen molar-refractivity contribution in [1.29, 1.82) is 0 Å². The minimum atomic E-state index is -0.0550. The van der Waals surface area contributed by atoms with Gasteiger partial charge in [-0.1, -0.05) is 52.2 Å². The lowest BCUT2D eigenvalue weighted by molar-refractivity contribution is -0.126. The van der Waals surface area contributed by atoms with Crippen LogP contribution >= 0.6 is 0 Å². The molecule has 0 unspecified atom stereocenters. The smallest absolute Gasteiger partial charge is 0.321 e. The molecule has 1 aromatic carbocycles. The molecule has 2 aliphatic rings. The molecule has 0 bridgehead atoms. The fourth-order valence-electron chi connectivity index (χ4n) is 4.17. The maximum atomic E-state index is 12.6. The summed E-state index contributed by atoms with van der Waals surface area (Å²) < 4.78 is 0. The van der Waals surface area contributed by atoms with Crippen LogP contribution in [0.3, 0.4) is 0 Å². The van der Waals surface area contributed by atoms with Gasteiger partial charge in [0.25, 0.3) is 0 Å². The van der Waals surface area contributed by atoms with Crippen LogP contribution in [-0.2, 0) is 10.2 Å². The molecular formula is C23H35N3O2. The van der Waals surface area contributed by atoms with Gasteiger partial charge in [-0.2, -0.15) is 0 Å². The zero-order valence-corrected chi connectivity index (χ0v) is 17.6. The first-order chi connectivity index (χ1) is 13.3. The number of hydrogen-bond acceptors (Lipinski definition) is 2. The highest BCUT2D eigenvalue weighted by Crippen LogP contribution is 2.25. The van der Waals surface area contributed by atoms with Crippen molar-refractivity contribution in [2.75, 3.05) is 18.4 Å². The van der Waals surface area contributed by atoms with Crippen molar-refractivity contribution in [3.8, 4) is 0 Å². The average Bonchev–Trinajstić information content (AvgIpc) is 2.69. The summed E-state index contributed by atoms with van der Waals surface area (Å²) in [6, 6.07) is 8.22. The minimum absolute atomic E-state index is 0.0550. The molecule has 0 spiro atoms. The number of benzene rings is 1. The second-order valence-corrected chi connectivity index (χ2v) is 9.36. The third-order valence-electron chi connectivity index (χ3n) is 6.11. The average molecular weight is 386 g/mol. The number of rotatable bonds is 3. The van der Waals surface area contributed by atoms with Crippen LogP contribution in [0.4, 0.5) is 10.5 Å². The monoisotopic (exact) mass is 385 g/mol. The molecule has 5 heteroatoms. The standard InChI is InChI=1S/C23H35N3O2/c1-23(2,3)18-9-11-19(12-10-18)25-22(28)26-15-13-20(14-16-26)24-21(27)17-7-5-4-6-8-17/h9-12,17,20H,4-8,13-16H2,1-3H3,(H,24,27)(H,25,28). The third kappa shape index (κ3) is 5.49. The lowest BCUT2D eigenvalue weighted by Gasteiger charge is -2.33. The highest BCUT2D eigenvalue weighted by atomic mass is 16.2. The minimum Gasteiger partial charge on any atom is -0.353 e. The Morgan fingerprint density at radius 3 is 2.11 bits per heavy atom. The summed E-state index contributed by atoms with van der Waals surface area (Å²) in [6.07, 6.45) is 7.32. The van der Waals surface area contributed by atoms with Gasteiger partial charge in [-0.15, -0.1) is 0 Å². The van der Waals surface area contributed by atoms with Crippen LogP contribution in [0.15, 0.2) is 24.3 Å². The number of nitrogens with zero attached hydrogens (tertiary/aromatic N) is 1. The van der Waals surface area contributed by atoms with Gasteiger partial charge >= 0.3 is 6.03 Å². The van der Waals surface area contributed by atoms with E-state index >= 15 is 0 Å². The molecule has 0 radical (unpaired) electrons. The Hall–Kier alpha value is -2.04. The molecule has 1 aliphatic carbocycles.